The second-order valence-electron chi connectivity index (χ2n) is 10.6. The van der Waals surface area contributed by atoms with E-state index in [0.29, 0.717) is 5.82 Å². The lowest BCUT2D eigenvalue weighted by molar-refractivity contribution is 0.657. The second kappa shape index (κ2) is 7.62. The largest absolute Gasteiger partial charge is 0.456 e. The van der Waals surface area contributed by atoms with Gasteiger partial charge in [-0.15, -0.1) is 0 Å². The summed E-state index contributed by atoms with van der Waals surface area (Å²) in [6, 6.07) is 37.9. The Kier molecular flexibility index (Phi) is 4.28. The maximum atomic E-state index is 6.48. The third kappa shape index (κ3) is 2.84. The SMILES string of the molecule is CC1(C)c2ccccc2-c2c(-c3nc(-c4ccccc4)c4ccccc4n3)cc3oc4ccccc4c3c21. The molecule has 2 aromatic heterocycles. The molecule has 0 saturated heterocycles. The van der Waals surface area contributed by atoms with Crippen LogP contribution in [0, 0.1) is 0 Å². The van der Waals surface area contributed by atoms with Gasteiger partial charge in [-0.3, -0.25) is 0 Å². The van der Waals surface area contributed by atoms with Gasteiger partial charge in [0, 0.05) is 32.7 Å². The van der Waals surface area contributed by atoms with Crippen molar-refractivity contribution in [2.45, 2.75) is 19.3 Å². The number of benzene rings is 5. The highest BCUT2D eigenvalue weighted by Gasteiger charge is 2.40. The molecule has 0 saturated carbocycles. The van der Waals surface area contributed by atoms with Gasteiger partial charge in [-0.1, -0.05) is 105 Å². The first kappa shape index (κ1) is 21.3. The Bertz CT molecular complexity index is 2050. The summed E-state index contributed by atoms with van der Waals surface area (Å²) < 4.78 is 6.48. The van der Waals surface area contributed by atoms with Gasteiger partial charge in [0.2, 0.25) is 0 Å². The van der Waals surface area contributed by atoms with Crippen molar-refractivity contribution in [2.75, 3.05) is 0 Å². The van der Waals surface area contributed by atoms with E-state index in [1.54, 1.807) is 0 Å². The number of furan rings is 1. The summed E-state index contributed by atoms with van der Waals surface area (Å²) in [6.45, 7) is 4.64. The van der Waals surface area contributed by atoms with Crippen molar-refractivity contribution in [3.8, 4) is 33.8 Å². The van der Waals surface area contributed by atoms with Gasteiger partial charge in [-0.05, 0) is 40.5 Å². The van der Waals surface area contributed by atoms with Crippen LogP contribution >= 0.6 is 0 Å². The average molecular weight is 489 g/mol. The molecule has 0 bridgehead atoms. The van der Waals surface area contributed by atoms with Crippen LogP contribution in [-0.4, -0.2) is 9.97 Å². The number of nitrogens with zero attached hydrogens (tertiary/aromatic N) is 2. The van der Waals surface area contributed by atoms with Gasteiger partial charge in [0.15, 0.2) is 5.82 Å². The molecule has 1 aliphatic rings. The molecule has 0 radical (unpaired) electrons. The molecular weight excluding hydrogens is 464 g/mol. The maximum absolute atomic E-state index is 6.48. The Morgan fingerprint density at radius 1 is 0.632 bits per heavy atom. The molecule has 8 rings (SSSR count). The first-order chi connectivity index (χ1) is 18.6. The van der Waals surface area contributed by atoms with Gasteiger partial charge in [-0.25, -0.2) is 9.97 Å². The lowest BCUT2D eigenvalue weighted by Crippen LogP contribution is -2.15. The van der Waals surface area contributed by atoms with E-state index in [2.05, 4.69) is 105 Å². The summed E-state index contributed by atoms with van der Waals surface area (Å²) in [5.74, 6) is 0.716. The van der Waals surface area contributed by atoms with Crippen LogP contribution in [-0.2, 0) is 5.41 Å². The molecule has 38 heavy (non-hydrogen) atoms. The Morgan fingerprint density at radius 3 is 2.21 bits per heavy atom. The van der Waals surface area contributed by atoms with Crippen molar-refractivity contribution in [1.29, 1.82) is 0 Å². The molecule has 0 aliphatic heterocycles. The van der Waals surface area contributed by atoms with Crippen molar-refractivity contribution < 1.29 is 4.42 Å². The van der Waals surface area contributed by atoms with Crippen molar-refractivity contribution in [1.82, 2.24) is 9.97 Å². The zero-order valence-electron chi connectivity index (χ0n) is 21.2. The van der Waals surface area contributed by atoms with Gasteiger partial charge in [-0.2, -0.15) is 0 Å². The number of rotatable bonds is 2. The molecule has 0 unspecified atom stereocenters. The fraction of sp³-hybridized carbons (Fsp3) is 0.0857. The third-order valence-electron chi connectivity index (χ3n) is 8.05. The second-order valence-corrected chi connectivity index (χ2v) is 10.6. The zero-order chi connectivity index (χ0) is 25.4. The van der Waals surface area contributed by atoms with Crippen LogP contribution in [0.1, 0.15) is 25.0 Å². The van der Waals surface area contributed by atoms with Crippen LogP contribution in [0.2, 0.25) is 0 Å². The van der Waals surface area contributed by atoms with Gasteiger partial charge >= 0.3 is 0 Å². The number of aromatic nitrogens is 2. The highest BCUT2D eigenvalue weighted by Crippen LogP contribution is 2.56. The van der Waals surface area contributed by atoms with Crippen LogP contribution in [0.3, 0.4) is 0 Å². The van der Waals surface area contributed by atoms with E-state index in [1.807, 2.05) is 18.2 Å². The molecular formula is C35H24N2O. The van der Waals surface area contributed by atoms with E-state index in [1.165, 1.54) is 27.6 Å². The van der Waals surface area contributed by atoms with Gasteiger partial charge in [0.25, 0.3) is 0 Å². The fourth-order valence-corrected chi connectivity index (χ4v) is 6.36. The quantitative estimate of drug-likeness (QED) is 0.243. The van der Waals surface area contributed by atoms with Gasteiger partial charge in [0.1, 0.15) is 11.2 Å². The molecule has 7 aromatic rings. The monoisotopic (exact) mass is 488 g/mol. The molecule has 3 heteroatoms. The van der Waals surface area contributed by atoms with E-state index < -0.39 is 0 Å². The first-order valence-electron chi connectivity index (χ1n) is 13.0. The molecule has 0 N–H and O–H groups in total. The maximum Gasteiger partial charge on any atom is 0.161 e. The minimum Gasteiger partial charge on any atom is -0.456 e. The lowest BCUT2D eigenvalue weighted by atomic mass is 9.80. The summed E-state index contributed by atoms with van der Waals surface area (Å²) in [6.07, 6.45) is 0. The normalized spacial score (nSPS) is 13.7. The van der Waals surface area contributed by atoms with E-state index in [-0.39, 0.29) is 5.41 Å². The minimum absolute atomic E-state index is 0.202. The standard InChI is InChI=1S/C35H24N2O/c1-35(2)26-17-9-6-14-22(26)30-25(20-29-31(32(30)35)24-16-8-11-19-28(24)38-29)34-36-27-18-10-7-15-23(27)33(37-34)21-12-4-3-5-13-21/h3-20H,1-2H3. The van der Waals surface area contributed by atoms with Gasteiger partial charge in [0.05, 0.1) is 11.2 Å². The summed E-state index contributed by atoms with van der Waals surface area (Å²) in [5.41, 5.74) is 10.6. The topological polar surface area (TPSA) is 38.9 Å². The fourth-order valence-electron chi connectivity index (χ4n) is 6.36. The van der Waals surface area contributed by atoms with E-state index in [9.17, 15) is 0 Å². The van der Waals surface area contributed by atoms with E-state index >= 15 is 0 Å². The Balaban J connectivity index is 1.54. The Hall–Kier alpha value is -4.76. The number of hydrogen-bond donors (Lipinski definition) is 0. The predicted molar refractivity (Wildman–Crippen MR) is 155 cm³/mol. The average Bonchev–Trinajstić information content (AvgIpc) is 3.45. The predicted octanol–water partition coefficient (Wildman–Crippen LogP) is 9.17. The number of fused-ring (bicyclic) bond motifs is 8. The van der Waals surface area contributed by atoms with Crippen molar-refractivity contribution in [3.63, 3.8) is 0 Å². The summed E-state index contributed by atoms with van der Waals surface area (Å²) in [5, 5.41) is 3.38. The zero-order valence-corrected chi connectivity index (χ0v) is 21.2. The molecule has 180 valence electrons. The summed E-state index contributed by atoms with van der Waals surface area (Å²) >= 11 is 0. The summed E-state index contributed by atoms with van der Waals surface area (Å²) in [4.78, 5) is 10.4. The Morgan fingerprint density at radius 2 is 1.34 bits per heavy atom. The van der Waals surface area contributed by atoms with Crippen LogP contribution in [0.4, 0.5) is 0 Å². The molecule has 0 amide bonds. The van der Waals surface area contributed by atoms with Crippen molar-refractivity contribution in [2.24, 2.45) is 0 Å². The molecule has 2 heterocycles. The summed E-state index contributed by atoms with van der Waals surface area (Å²) in [7, 11) is 0. The number of para-hydroxylation sites is 2. The van der Waals surface area contributed by atoms with Crippen LogP contribution in [0.25, 0.3) is 66.6 Å². The van der Waals surface area contributed by atoms with Crippen LogP contribution < -0.4 is 0 Å². The molecule has 3 nitrogen and oxygen atoms in total. The minimum atomic E-state index is -0.202. The number of hydrogen-bond acceptors (Lipinski definition) is 3. The molecule has 5 aromatic carbocycles. The van der Waals surface area contributed by atoms with Crippen molar-refractivity contribution in [3.05, 3.63) is 120 Å². The molecule has 0 fully saturated rings. The van der Waals surface area contributed by atoms with E-state index in [4.69, 9.17) is 14.4 Å². The van der Waals surface area contributed by atoms with Gasteiger partial charge < -0.3 is 4.42 Å². The highest BCUT2D eigenvalue weighted by atomic mass is 16.3. The molecule has 0 atom stereocenters. The molecule has 0 spiro atoms. The first-order valence-corrected chi connectivity index (χ1v) is 13.0. The van der Waals surface area contributed by atoms with Crippen LogP contribution in [0.5, 0.6) is 0 Å². The van der Waals surface area contributed by atoms with Crippen LogP contribution in [0.15, 0.2) is 114 Å². The smallest absolute Gasteiger partial charge is 0.161 e. The third-order valence-corrected chi connectivity index (χ3v) is 8.05. The van der Waals surface area contributed by atoms with E-state index in [0.717, 1.165) is 44.3 Å². The Labute approximate surface area is 220 Å². The highest BCUT2D eigenvalue weighted by molar-refractivity contribution is 6.14. The molecule has 1 aliphatic carbocycles. The van der Waals surface area contributed by atoms with Crippen molar-refractivity contribution >= 4 is 32.8 Å². The lowest BCUT2D eigenvalue weighted by Gasteiger charge is -2.22.